The van der Waals surface area contributed by atoms with Crippen LogP contribution < -0.4 is 19.9 Å². The minimum atomic E-state index is -1.22. The maximum Gasteiger partial charge on any atom is 0.203 e. The number of aromatic nitrogens is 4. The molecule has 5 atom stereocenters. The molecule has 1 aliphatic rings. The number of nitrogen functional groups attached to an aromatic ring is 1. The molecule has 1 aliphatic heterocycles. The third-order valence-corrected chi connectivity index (χ3v) is 5.67. The van der Waals surface area contributed by atoms with Crippen molar-refractivity contribution in [1.82, 2.24) is 19.5 Å². The molecule has 3 aromatic rings. The highest BCUT2D eigenvalue weighted by molar-refractivity contribution is 5.81. The Balaban J connectivity index is 1.48. The van der Waals surface area contributed by atoms with Crippen molar-refractivity contribution in [2.75, 3.05) is 33.7 Å². The molecule has 1 unspecified atom stereocenters. The van der Waals surface area contributed by atoms with Crippen LogP contribution in [0, 0.1) is 0 Å². The number of imidazole rings is 1. The number of aliphatic hydroxyl groups is 2. The van der Waals surface area contributed by atoms with Gasteiger partial charge < -0.3 is 39.6 Å². The largest absolute Gasteiger partial charge is 0.493 e. The Morgan fingerprint density at radius 2 is 1.76 bits per heavy atom. The summed E-state index contributed by atoms with van der Waals surface area (Å²) in [6.45, 7) is 1.87. The van der Waals surface area contributed by atoms with Gasteiger partial charge >= 0.3 is 0 Å². The molecule has 0 saturated carbocycles. The minimum absolute atomic E-state index is 0.0241. The lowest BCUT2D eigenvalue weighted by Gasteiger charge is -2.21. The van der Waals surface area contributed by atoms with Crippen LogP contribution in [0.25, 0.3) is 11.2 Å². The number of anilines is 1. The second-order valence-electron chi connectivity index (χ2n) is 7.56. The van der Waals surface area contributed by atoms with E-state index in [1.54, 1.807) is 12.1 Å². The number of nitrogens with two attached hydrogens (primary N) is 1. The van der Waals surface area contributed by atoms with Gasteiger partial charge in [0.2, 0.25) is 5.75 Å². The van der Waals surface area contributed by atoms with Gasteiger partial charge in [0, 0.05) is 0 Å². The maximum absolute atomic E-state index is 10.6. The van der Waals surface area contributed by atoms with Crippen molar-refractivity contribution in [2.24, 2.45) is 0 Å². The normalized spacial score (nSPS) is 23.6. The van der Waals surface area contributed by atoms with E-state index in [1.807, 2.05) is 6.92 Å². The Kier molecular flexibility index (Phi) is 6.51. The molecule has 3 heterocycles. The molecule has 12 nitrogen and oxygen atoms in total. The van der Waals surface area contributed by atoms with Gasteiger partial charge in [0.25, 0.3) is 0 Å². The molecule has 0 amide bonds. The van der Waals surface area contributed by atoms with Crippen molar-refractivity contribution in [3.63, 3.8) is 0 Å². The lowest BCUT2D eigenvalue weighted by molar-refractivity contribution is -0.0789. The van der Waals surface area contributed by atoms with Crippen molar-refractivity contribution >= 4 is 17.0 Å². The highest BCUT2D eigenvalue weighted by Gasteiger charge is 2.44. The van der Waals surface area contributed by atoms with Crippen molar-refractivity contribution in [3.05, 3.63) is 30.4 Å². The molecule has 1 aromatic carbocycles. The predicted octanol–water partition coefficient (Wildman–Crippen LogP) is 0.831. The van der Waals surface area contributed by atoms with Gasteiger partial charge in [-0.3, -0.25) is 4.57 Å². The molecule has 12 heteroatoms. The first kappa shape index (κ1) is 23.0. The van der Waals surface area contributed by atoms with E-state index in [-0.39, 0.29) is 12.4 Å². The third-order valence-electron chi connectivity index (χ3n) is 5.67. The number of methoxy groups -OCH3 is 3. The summed E-state index contributed by atoms with van der Waals surface area (Å²) in [4.78, 5) is 12.2. The predicted molar refractivity (Wildman–Crippen MR) is 116 cm³/mol. The third kappa shape index (κ3) is 4.13. The second-order valence-corrected chi connectivity index (χ2v) is 7.56. The monoisotopic (exact) mass is 461 g/mol. The highest BCUT2D eigenvalue weighted by atomic mass is 16.6. The Bertz CT molecular complexity index is 1100. The Labute approximate surface area is 189 Å². The average molecular weight is 461 g/mol. The molecule has 0 radical (unpaired) electrons. The summed E-state index contributed by atoms with van der Waals surface area (Å²) in [6.07, 6.45) is -1.75. The van der Waals surface area contributed by atoms with Crippen molar-refractivity contribution in [1.29, 1.82) is 0 Å². The van der Waals surface area contributed by atoms with Gasteiger partial charge in [0.1, 0.15) is 30.2 Å². The van der Waals surface area contributed by atoms with Crippen LogP contribution in [0.3, 0.4) is 0 Å². The van der Waals surface area contributed by atoms with Crippen LogP contribution in [-0.4, -0.2) is 76.0 Å². The van der Waals surface area contributed by atoms with Gasteiger partial charge in [-0.1, -0.05) is 0 Å². The molecule has 0 aliphatic carbocycles. The van der Waals surface area contributed by atoms with Gasteiger partial charge in [0.15, 0.2) is 29.2 Å². The van der Waals surface area contributed by atoms with Crippen LogP contribution in [0.1, 0.15) is 24.8 Å². The molecule has 0 spiro atoms. The summed E-state index contributed by atoms with van der Waals surface area (Å²) in [7, 11) is 4.61. The number of fused-ring (bicyclic) bond motifs is 1. The SMILES string of the molecule is COc1cc(C(C)OC[C@H]2O[C@@H](n3cnc4c(N)ncnc43)[C@H](O)[C@@H]2O)cc(OC)c1OC. The maximum atomic E-state index is 10.6. The molecule has 178 valence electrons. The molecule has 1 saturated heterocycles. The molecule has 1 fully saturated rings. The van der Waals surface area contributed by atoms with E-state index < -0.39 is 30.6 Å². The van der Waals surface area contributed by atoms with Gasteiger partial charge in [-0.25, -0.2) is 15.0 Å². The first-order valence-corrected chi connectivity index (χ1v) is 10.3. The smallest absolute Gasteiger partial charge is 0.203 e. The van der Waals surface area contributed by atoms with Crippen LogP contribution in [0.5, 0.6) is 17.2 Å². The first-order valence-electron chi connectivity index (χ1n) is 10.3. The molecule has 2 aromatic heterocycles. The van der Waals surface area contributed by atoms with E-state index >= 15 is 0 Å². The van der Waals surface area contributed by atoms with E-state index in [2.05, 4.69) is 15.0 Å². The van der Waals surface area contributed by atoms with E-state index in [1.165, 1.54) is 38.6 Å². The number of rotatable bonds is 8. The lowest BCUT2D eigenvalue weighted by atomic mass is 10.1. The number of hydrogen-bond acceptors (Lipinski definition) is 11. The van der Waals surface area contributed by atoms with E-state index in [0.717, 1.165) is 5.56 Å². The van der Waals surface area contributed by atoms with Crippen LogP contribution in [0.15, 0.2) is 24.8 Å². The molecule has 4 N–H and O–H groups in total. The molecular formula is C21H27N5O7. The van der Waals surface area contributed by atoms with Crippen LogP contribution in [0.4, 0.5) is 5.82 Å². The summed E-state index contributed by atoms with van der Waals surface area (Å²) in [5.41, 5.74) is 7.39. The van der Waals surface area contributed by atoms with Gasteiger partial charge in [-0.05, 0) is 24.6 Å². The zero-order chi connectivity index (χ0) is 23.7. The van der Waals surface area contributed by atoms with Crippen LogP contribution in [0.2, 0.25) is 0 Å². The quantitative estimate of drug-likeness (QED) is 0.436. The summed E-state index contributed by atoms with van der Waals surface area (Å²) < 4.78 is 29.5. The van der Waals surface area contributed by atoms with Crippen molar-refractivity contribution in [3.8, 4) is 17.2 Å². The fourth-order valence-electron chi connectivity index (χ4n) is 3.82. The Hall–Kier alpha value is -3.19. The summed E-state index contributed by atoms with van der Waals surface area (Å²) >= 11 is 0. The molecule has 0 bridgehead atoms. The second kappa shape index (κ2) is 9.35. The zero-order valence-electron chi connectivity index (χ0n) is 18.7. The number of nitrogens with zero attached hydrogens (tertiary/aromatic N) is 4. The summed E-state index contributed by atoms with van der Waals surface area (Å²) in [5, 5.41) is 21.2. The topological polar surface area (TPSA) is 156 Å². The van der Waals surface area contributed by atoms with Crippen molar-refractivity contribution < 1.29 is 33.9 Å². The van der Waals surface area contributed by atoms with Gasteiger partial charge in [-0.15, -0.1) is 0 Å². The zero-order valence-corrected chi connectivity index (χ0v) is 18.7. The summed E-state index contributed by atoms with van der Waals surface area (Å²) in [6, 6.07) is 3.58. The first-order chi connectivity index (χ1) is 15.9. The Morgan fingerprint density at radius 1 is 1.06 bits per heavy atom. The minimum Gasteiger partial charge on any atom is -0.493 e. The van der Waals surface area contributed by atoms with Gasteiger partial charge in [-0.2, -0.15) is 0 Å². The van der Waals surface area contributed by atoms with Crippen LogP contribution >= 0.6 is 0 Å². The fraction of sp³-hybridized carbons (Fsp3) is 0.476. The van der Waals surface area contributed by atoms with E-state index in [9.17, 15) is 10.2 Å². The van der Waals surface area contributed by atoms with E-state index in [0.29, 0.717) is 28.4 Å². The van der Waals surface area contributed by atoms with Gasteiger partial charge in [0.05, 0.1) is 40.4 Å². The highest BCUT2D eigenvalue weighted by Crippen LogP contribution is 2.40. The van der Waals surface area contributed by atoms with Crippen molar-refractivity contribution in [2.45, 2.75) is 37.6 Å². The number of benzene rings is 1. The lowest BCUT2D eigenvalue weighted by Crippen LogP contribution is -2.34. The Morgan fingerprint density at radius 3 is 2.39 bits per heavy atom. The standard InChI is InChI=1S/C21H27N5O7/c1-10(11-5-12(29-2)18(31-4)13(6-11)30-3)32-7-14-16(27)17(28)21(33-14)26-9-25-15-19(22)23-8-24-20(15)26/h5-6,8-10,14,16-17,21,27-28H,7H2,1-4H3,(H2,22,23,24)/t10?,14-,16-,17-,21-/m1/s1. The number of hydrogen-bond donors (Lipinski definition) is 3. The number of ether oxygens (including phenoxy) is 5. The van der Waals surface area contributed by atoms with Crippen LogP contribution in [-0.2, 0) is 9.47 Å². The fourth-order valence-corrected chi connectivity index (χ4v) is 3.82. The van der Waals surface area contributed by atoms with E-state index in [4.69, 9.17) is 29.4 Å². The summed E-state index contributed by atoms with van der Waals surface area (Å²) in [5.74, 6) is 1.70. The number of aliphatic hydroxyl groups excluding tert-OH is 2. The average Bonchev–Trinajstić information content (AvgIpc) is 3.38. The molecule has 33 heavy (non-hydrogen) atoms. The molecular weight excluding hydrogens is 434 g/mol. The molecule has 4 rings (SSSR count).